The van der Waals surface area contributed by atoms with Crippen LogP contribution in [-0.4, -0.2) is 94.6 Å². The number of rotatable bonds is 13. The van der Waals surface area contributed by atoms with Crippen LogP contribution >= 0.6 is 34.9 Å². The van der Waals surface area contributed by atoms with Crippen LogP contribution in [0, 0.1) is 0 Å². The van der Waals surface area contributed by atoms with Gasteiger partial charge in [-0.3, -0.25) is 19.3 Å². The van der Waals surface area contributed by atoms with Gasteiger partial charge in [0.1, 0.15) is 29.4 Å². The molecule has 202 valence electrons. The highest BCUT2D eigenvalue weighted by molar-refractivity contribution is 8.01. The van der Waals surface area contributed by atoms with Crippen molar-refractivity contribution in [2.24, 2.45) is 12.2 Å². The van der Waals surface area contributed by atoms with Gasteiger partial charge >= 0.3 is 5.97 Å². The van der Waals surface area contributed by atoms with Gasteiger partial charge in [0.2, 0.25) is 11.6 Å². The van der Waals surface area contributed by atoms with E-state index in [9.17, 15) is 24.3 Å². The van der Waals surface area contributed by atoms with Crippen LogP contribution in [0.1, 0.15) is 25.5 Å². The van der Waals surface area contributed by atoms with Crippen LogP contribution in [0.5, 0.6) is 0 Å². The molecule has 15 nitrogen and oxygen atoms in total. The summed E-state index contributed by atoms with van der Waals surface area (Å²) in [7, 11) is 1.67. The summed E-state index contributed by atoms with van der Waals surface area (Å²) in [5.41, 5.74) is 0.450. The third-order valence-electron chi connectivity index (χ3n) is 5.38. The van der Waals surface area contributed by atoms with Gasteiger partial charge in [-0.2, -0.15) is 0 Å². The smallest absolute Gasteiger partial charge is 0.352 e. The van der Waals surface area contributed by atoms with E-state index in [2.05, 4.69) is 36.3 Å². The molecule has 0 radical (unpaired) electrons. The van der Waals surface area contributed by atoms with E-state index in [1.54, 1.807) is 7.05 Å². The molecular formula is C20H23N9O6S3. The number of hydrogen-bond acceptors (Lipinski definition) is 13. The van der Waals surface area contributed by atoms with E-state index in [0.29, 0.717) is 22.9 Å². The molecule has 1 unspecified atom stereocenters. The average molecular weight is 582 g/mol. The predicted octanol–water partition coefficient (Wildman–Crippen LogP) is 0.287. The molecule has 1 saturated heterocycles. The number of anilines is 1. The maximum Gasteiger partial charge on any atom is 0.352 e. The summed E-state index contributed by atoms with van der Waals surface area (Å²) in [4.78, 5) is 59.7. The zero-order chi connectivity index (χ0) is 27.2. The highest BCUT2D eigenvalue weighted by Crippen LogP contribution is 2.41. The average Bonchev–Trinajstić information content (AvgIpc) is 3.53. The van der Waals surface area contributed by atoms with Crippen LogP contribution in [0.4, 0.5) is 5.13 Å². The van der Waals surface area contributed by atoms with E-state index < -0.39 is 29.2 Å². The molecule has 3 N–H and O–H groups in total. The second kappa shape index (κ2) is 12.4. The second-order valence-corrected chi connectivity index (χ2v) is 10.8. The zero-order valence-corrected chi connectivity index (χ0v) is 22.6. The Morgan fingerprint density at radius 1 is 1.42 bits per heavy atom. The number of fused-ring (bicyclic) bond motifs is 1. The Bertz CT molecular complexity index is 1290. The van der Waals surface area contributed by atoms with Crippen molar-refractivity contribution >= 4 is 69.9 Å². The summed E-state index contributed by atoms with van der Waals surface area (Å²) in [6.45, 7) is 2.26. The fraction of sp³-hybridized carbons (Fsp3) is 0.450. The minimum absolute atomic E-state index is 0.104. The van der Waals surface area contributed by atoms with Crippen molar-refractivity contribution in [2.75, 3.05) is 23.4 Å². The number of carbonyl (C=O) groups excluding carboxylic acids is 3. The summed E-state index contributed by atoms with van der Waals surface area (Å²) >= 11 is 3.70. The van der Waals surface area contributed by atoms with Gasteiger partial charge in [0.15, 0.2) is 10.8 Å². The lowest BCUT2D eigenvalue weighted by atomic mass is 10.0. The molecule has 2 aromatic heterocycles. The monoisotopic (exact) mass is 581 g/mol. The van der Waals surface area contributed by atoms with Crippen molar-refractivity contribution in [3.63, 3.8) is 0 Å². The van der Waals surface area contributed by atoms with Crippen LogP contribution in [-0.2, 0) is 31.1 Å². The Hall–Kier alpha value is -3.51. The lowest BCUT2D eigenvalue weighted by Gasteiger charge is -2.49. The number of tetrazole rings is 1. The first-order valence-corrected chi connectivity index (χ1v) is 14.2. The normalized spacial score (nSPS) is 19.1. The molecule has 0 aromatic carbocycles. The molecule has 4 heterocycles. The Morgan fingerprint density at radius 3 is 2.92 bits per heavy atom. The number of oxime groups is 1. The molecule has 2 atom stereocenters. The number of β-lactam (4-membered cyclic amide) rings is 1. The molecule has 2 aromatic rings. The van der Waals surface area contributed by atoms with Gasteiger partial charge in [0.05, 0.1) is 0 Å². The number of nitrogens with zero attached hydrogens (tertiary/aromatic N) is 7. The number of thioether (sulfide) groups is 2. The maximum absolute atomic E-state index is 13.2. The van der Waals surface area contributed by atoms with Crippen LogP contribution in [0.3, 0.4) is 0 Å². The van der Waals surface area contributed by atoms with E-state index in [0.717, 1.165) is 24.2 Å². The fourth-order valence-corrected chi connectivity index (χ4v) is 6.51. The van der Waals surface area contributed by atoms with Crippen LogP contribution < -0.4 is 10.6 Å². The third-order valence-corrected chi connectivity index (χ3v) is 8.59. The van der Waals surface area contributed by atoms with Crippen LogP contribution in [0.25, 0.3) is 0 Å². The highest BCUT2D eigenvalue weighted by atomic mass is 32.2. The largest absolute Gasteiger partial charge is 0.477 e. The summed E-state index contributed by atoms with van der Waals surface area (Å²) in [6, 6.07) is -0.967. The predicted molar refractivity (Wildman–Crippen MR) is 138 cm³/mol. The molecule has 0 aliphatic carbocycles. The Kier molecular flexibility index (Phi) is 8.95. The Balaban J connectivity index is 1.49. The zero-order valence-electron chi connectivity index (χ0n) is 20.2. The first kappa shape index (κ1) is 27.5. The molecule has 3 amide bonds. The number of unbranched alkanes of at least 4 members (excludes halogenated alkanes) is 1. The van der Waals surface area contributed by atoms with Crippen molar-refractivity contribution in [3.8, 4) is 0 Å². The number of nitrogens with one attached hydrogen (secondary N) is 2. The minimum Gasteiger partial charge on any atom is -0.477 e. The summed E-state index contributed by atoms with van der Waals surface area (Å²) in [6.07, 6.45) is 2.05. The topological polar surface area (TPSA) is 194 Å². The lowest BCUT2D eigenvalue weighted by molar-refractivity contribution is -0.150. The molecule has 0 spiro atoms. The molecule has 18 heteroatoms. The summed E-state index contributed by atoms with van der Waals surface area (Å²) < 4.78 is 1.47. The van der Waals surface area contributed by atoms with Gasteiger partial charge < -0.3 is 20.6 Å². The highest BCUT2D eigenvalue weighted by Gasteiger charge is 2.54. The molecular weight excluding hydrogens is 558 g/mol. The van der Waals surface area contributed by atoms with Gasteiger partial charge in [-0.05, 0) is 22.4 Å². The van der Waals surface area contributed by atoms with E-state index in [4.69, 9.17) is 4.84 Å². The molecule has 4 rings (SSSR count). The van der Waals surface area contributed by atoms with Gasteiger partial charge in [-0.25, -0.2) is 14.5 Å². The summed E-state index contributed by atoms with van der Waals surface area (Å²) in [5, 5.41) is 31.7. The quantitative estimate of drug-likeness (QED) is 0.0732. The first-order valence-electron chi connectivity index (χ1n) is 11.3. The molecule has 38 heavy (non-hydrogen) atoms. The maximum atomic E-state index is 13.2. The van der Waals surface area contributed by atoms with Crippen molar-refractivity contribution in [2.45, 2.75) is 36.3 Å². The number of aliphatic carboxylic acids is 1. The summed E-state index contributed by atoms with van der Waals surface area (Å²) in [5.74, 6) is -1.87. The van der Waals surface area contributed by atoms with Crippen molar-refractivity contribution < 1.29 is 29.1 Å². The Labute approximate surface area is 228 Å². The van der Waals surface area contributed by atoms with Gasteiger partial charge in [0, 0.05) is 23.9 Å². The minimum atomic E-state index is -1.23. The molecule has 0 saturated carbocycles. The van der Waals surface area contributed by atoms with Crippen molar-refractivity contribution in [1.82, 2.24) is 35.4 Å². The van der Waals surface area contributed by atoms with E-state index in [1.165, 1.54) is 38.5 Å². The number of aryl methyl sites for hydroxylation is 1. The number of carbonyl (C=O) groups is 4. The van der Waals surface area contributed by atoms with E-state index >= 15 is 0 Å². The number of amides is 3. The number of carboxylic acid groups (broad SMARTS) is 1. The van der Waals surface area contributed by atoms with E-state index in [-0.39, 0.29) is 34.6 Å². The molecule has 2 aliphatic rings. The van der Waals surface area contributed by atoms with Crippen LogP contribution in [0.15, 0.2) is 27.0 Å². The number of hydrogen-bond donors (Lipinski definition) is 3. The van der Waals surface area contributed by atoms with Crippen molar-refractivity contribution in [3.05, 3.63) is 22.3 Å². The fourth-order valence-electron chi connectivity index (χ4n) is 3.52. The molecule has 1 fully saturated rings. The molecule has 0 bridgehead atoms. The van der Waals surface area contributed by atoms with Crippen LogP contribution in [0.2, 0.25) is 0 Å². The van der Waals surface area contributed by atoms with Gasteiger partial charge in [-0.1, -0.05) is 30.3 Å². The number of carboxylic acids is 1. The van der Waals surface area contributed by atoms with Gasteiger partial charge in [-0.15, -0.1) is 28.2 Å². The standard InChI is InChI=1S/C20H23N9O6S3/c1-3-4-5-35-25-12(11-8-37-19(22-11)21-9-30)15(31)23-13-16(32)29-14(18(33)34)10(6-36-17(13)29)7-38-20-24-26-27-28(20)2/h8-9,13,17H,3-7H2,1-2H3,(H,23,31)(H,33,34)(H,21,22,30)/b25-12+/t13?,17-/m1/s1. The first-order chi connectivity index (χ1) is 18.3. The van der Waals surface area contributed by atoms with Crippen molar-refractivity contribution in [1.29, 1.82) is 0 Å². The lowest BCUT2D eigenvalue weighted by Crippen LogP contribution is -2.71. The third kappa shape index (κ3) is 5.81. The SMILES string of the molecule is CCCCO/N=C(/C(=O)NC1C(=O)N2C(C(=O)O)=C(CSc3nnnn3C)CS[C@H]12)c1csc(NC=O)n1. The number of aromatic nitrogens is 5. The van der Waals surface area contributed by atoms with E-state index in [1.807, 2.05) is 6.92 Å². The Morgan fingerprint density at radius 2 is 2.24 bits per heavy atom. The van der Waals surface area contributed by atoms with Gasteiger partial charge in [0.25, 0.3) is 11.8 Å². The molecule has 2 aliphatic heterocycles. The number of thiazole rings is 1. The second-order valence-electron chi connectivity index (χ2n) is 7.92.